The summed E-state index contributed by atoms with van der Waals surface area (Å²) < 4.78 is 5.82. The van der Waals surface area contributed by atoms with Crippen molar-refractivity contribution in [3.05, 3.63) is 18.0 Å². The fourth-order valence-corrected chi connectivity index (χ4v) is 4.78. The van der Waals surface area contributed by atoms with Gasteiger partial charge in [-0.2, -0.15) is 0 Å². The molecule has 22 heavy (non-hydrogen) atoms. The van der Waals surface area contributed by atoms with E-state index in [9.17, 15) is 4.79 Å². The van der Waals surface area contributed by atoms with Gasteiger partial charge in [0.25, 0.3) is 0 Å². The highest BCUT2D eigenvalue weighted by Gasteiger charge is 2.62. The van der Waals surface area contributed by atoms with Gasteiger partial charge in [-0.1, -0.05) is 32.5 Å². The molecular formula is C17H24N2O2S. The number of carbonyl (C=O) groups is 1. The summed E-state index contributed by atoms with van der Waals surface area (Å²) in [6.07, 6.45) is 5.23. The second kappa shape index (κ2) is 5.52. The number of carbonyl (C=O) groups excluding carboxylic acids is 1. The smallest absolute Gasteiger partial charge is 0.316 e. The van der Waals surface area contributed by atoms with Gasteiger partial charge < -0.3 is 4.74 Å². The van der Waals surface area contributed by atoms with Crippen LogP contribution in [0, 0.1) is 23.7 Å². The van der Waals surface area contributed by atoms with E-state index < -0.39 is 0 Å². The Morgan fingerprint density at radius 1 is 1.45 bits per heavy atom. The van der Waals surface area contributed by atoms with Crippen LogP contribution in [0.5, 0.6) is 0 Å². The van der Waals surface area contributed by atoms with Crippen LogP contribution >= 0.6 is 11.8 Å². The molecule has 3 rings (SSSR count). The monoisotopic (exact) mass is 320 g/mol. The predicted octanol–water partition coefficient (Wildman–Crippen LogP) is 3.64. The molecule has 2 bridgehead atoms. The number of esters is 1. The molecule has 4 nitrogen and oxygen atoms in total. The maximum atomic E-state index is 12.2. The molecule has 0 aliphatic heterocycles. The first-order chi connectivity index (χ1) is 10.3. The van der Waals surface area contributed by atoms with Crippen molar-refractivity contribution in [3.8, 4) is 0 Å². The normalized spacial score (nSPS) is 32.2. The quantitative estimate of drug-likeness (QED) is 0.482. The minimum Gasteiger partial charge on any atom is -0.461 e. The van der Waals surface area contributed by atoms with E-state index in [0.29, 0.717) is 11.1 Å². The zero-order valence-electron chi connectivity index (χ0n) is 13.8. The Kier molecular flexibility index (Phi) is 3.96. The van der Waals surface area contributed by atoms with Crippen molar-refractivity contribution in [2.24, 2.45) is 16.7 Å². The summed E-state index contributed by atoms with van der Waals surface area (Å²) in [4.78, 5) is 20.6. The van der Waals surface area contributed by atoms with Crippen molar-refractivity contribution in [1.29, 1.82) is 0 Å². The van der Waals surface area contributed by atoms with E-state index in [1.54, 1.807) is 6.20 Å². The van der Waals surface area contributed by atoms with Gasteiger partial charge >= 0.3 is 5.97 Å². The third kappa shape index (κ3) is 2.53. The van der Waals surface area contributed by atoms with Crippen LogP contribution in [0.4, 0.5) is 0 Å². The molecule has 1 aromatic rings. The van der Waals surface area contributed by atoms with Crippen LogP contribution in [0.25, 0.3) is 0 Å². The molecule has 1 aromatic heterocycles. The molecule has 3 unspecified atom stereocenters. The van der Waals surface area contributed by atoms with Gasteiger partial charge in [0.15, 0.2) is 5.16 Å². The Balaban J connectivity index is 1.57. The molecule has 1 heterocycles. The third-order valence-electron chi connectivity index (χ3n) is 6.08. The average molecular weight is 320 g/mol. The topological polar surface area (TPSA) is 52.1 Å². The van der Waals surface area contributed by atoms with Crippen LogP contribution in [0.15, 0.2) is 17.4 Å². The standard InChI is InChI=1S/C17H24N2O2S/c1-11-6-8-18-15(19-11)22-10-14(20)21-13-9-12-5-7-17(13,4)16(12,2)3/h6,8,12-13H,5,7,9-10H2,1-4H3. The zero-order chi connectivity index (χ0) is 16.0. The van der Waals surface area contributed by atoms with Gasteiger partial charge in [-0.05, 0) is 43.6 Å². The van der Waals surface area contributed by atoms with E-state index in [-0.39, 0.29) is 28.7 Å². The molecule has 0 saturated heterocycles. The lowest BCUT2D eigenvalue weighted by Crippen LogP contribution is -2.38. The molecule has 3 atom stereocenters. The number of fused-ring (bicyclic) bond motifs is 2. The average Bonchev–Trinajstić information content (AvgIpc) is 2.78. The Morgan fingerprint density at radius 2 is 2.23 bits per heavy atom. The maximum absolute atomic E-state index is 12.2. The number of aromatic nitrogens is 2. The van der Waals surface area contributed by atoms with Gasteiger partial charge in [0, 0.05) is 17.3 Å². The van der Waals surface area contributed by atoms with Crippen LogP contribution in [-0.4, -0.2) is 27.8 Å². The molecule has 5 heteroatoms. The van der Waals surface area contributed by atoms with E-state index in [1.807, 2.05) is 13.0 Å². The summed E-state index contributed by atoms with van der Waals surface area (Å²) in [6.45, 7) is 8.86. The van der Waals surface area contributed by atoms with Gasteiger partial charge in [-0.25, -0.2) is 9.97 Å². The summed E-state index contributed by atoms with van der Waals surface area (Å²) in [6, 6.07) is 1.85. The summed E-state index contributed by atoms with van der Waals surface area (Å²) in [7, 11) is 0. The highest BCUT2D eigenvalue weighted by Crippen LogP contribution is 2.66. The first kappa shape index (κ1) is 15.8. The Labute approximate surface area is 136 Å². The SMILES string of the molecule is Cc1ccnc(SCC(=O)OC2CC3CCC2(C)C3(C)C)n1. The highest BCUT2D eigenvalue weighted by molar-refractivity contribution is 7.99. The second-order valence-electron chi connectivity index (χ2n) is 7.36. The lowest BCUT2D eigenvalue weighted by molar-refractivity contribution is -0.153. The van der Waals surface area contributed by atoms with Crippen LogP contribution in [0.1, 0.15) is 45.7 Å². The van der Waals surface area contributed by atoms with Crippen molar-refractivity contribution in [1.82, 2.24) is 9.97 Å². The van der Waals surface area contributed by atoms with Crippen molar-refractivity contribution < 1.29 is 9.53 Å². The van der Waals surface area contributed by atoms with Crippen molar-refractivity contribution >= 4 is 17.7 Å². The number of ether oxygens (including phenoxy) is 1. The molecule has 2 aliphatic carbocycles. The molecular weight excluding hydrogens is 296 g/mol. The van der Waals surface area contributed by atoms with Crippen molar-refractivity contribution in [3.63, 3.8) is 0 Å². The Hall–Kier alpha value is -1.10. The number of thioether (sulfide) groups is 1. The van der Waals surface area contributed by atoms with Crippen molar-refractivity contribution in [2.75, 3.05) is 5.75 Å². The fourth-order valence-electron chi connectivity index (χ4n) is 4.12. The molecule has 0 radical (unpaired) electrons. The lowest BCUT2D eigenvalue weighted by atomic mass is 9.70. The minimum absolute atomic E-state index is 0.0628. The minimum atomic E-state index is -0.148. The fraction of sp³-hybridized carbons (Fsp3) is 0.706. The van der Waals surface area contributed by atoms with Gasteiger partial charge in [0.1, 0.15) is 6.10 Å². The summed E-state index contributed by atoms with van der Waals surface area (Å²) >= 11 is 1.35. The predicted molar refractivity (Wildman–Crippen MR) is 86.6 cm³/mol. The molecule has 0 spiro atoms. The maximum Gasteiger partial charge on any atom is 0.316 e. The van der Waals surface area contributed by atoms with E-state index in [1.165, 1.54) is 18.2 Å². The molecule has 2 fully saturated rings. The molecule has 2 saturated carbocycles. The Bertz CT molecular complexity index is 590. The largest absolute Gasteiger partial charge is 0.461 e. The molecule has 0 aromatic carbocycles. The summed E-state index contributed by atoms with van der Waals surface area (Å²) in [5, 5.41) is 0.636. The van der Waals surface area contributed by atoms with E-state index in [0.717, 1.165) is 18.5 Å². The van der Waals surface area contributed by atoms with Crippen molar-refractivity contribution in [2.45, 2.75) is 58.2 Å². The first-order valence-electron chi connectivity index (χ1n) is 7.95. The molecule has 0 N–H and O–H groups in total. The Morgan fingerprint density at radius 3 is 2.82 bits per heavy atom. The summed E-state index contributed by atoms with van der Waals surface area (Å²) in [5.41, 5.74) is 1.30. The van der Waals surface area contributed by atoms with Gasteiger partial charge in [0.2, 0.25) is 0 Å². The van der Waals surface area contributed by atoms with Crippen LogP contribution in [0.3, 0.4) is 0 Å². The molecule has 120 valence electrons. The van der Waals surface area contributed by atoms with Crippen LogP contribution < -0.4 is 0 Å². The number of hydrogen-bond donors (Lipinski definition) is 0. The van der Waals surface area contributed by atoms with Gasteiger partial charge in [0.05, 0.1) is 5.75 Å². The zero-order valence-corrected chi connectivity index (χ0v) is 14.6. The van der Waals surface area contributed by atoms with Gasteiger partial charge in [-0.3, -0.25) is 4.79 Å². The molecule has 2 aliphatic rings. The first-order valence-corrected chi connectivity index (χ1v) is 8.93. The highest BCUT2D eigenvalue weighted by atomic mass is 32.2. The number of nitrogens with zero attached hydrogens (tertiary/aromatic N) is 2. The number of rotatable bonds is 4. The molecule has 0 amide bonds. The van der Waals surface area contributed by atoms with Crippen LogP contribution in [0.2, 0.25) is 0 Å². The third-order valence-corrected chi connectivity index (χ3v) is 6.91. The number of aryl methyl sites for hydroxylation is 1. The van der Waals surface area contributed by atoms with E-state index >= 15 is 0 Å². The van der Waals surface area contributed by atoms with E-state index in [2.05, 4.69) is 30.7 Å². The van der Waals surface area contributed by atoms with Gasteiger partial charge in [-0.15, -0.1) is 0 Å². The second-order valence-corrected chi connectivity index (χ2v) is 8.30. The lowest BCUT2D eigenvalue weighted by Gasteiger charge is -2.38. The van der Waals surface area contributed by atoms with E-state index in [4.69, 9.17) is 4.74 Å². The summed E-state index contributed by atoms with van der Waals surface area (Å²) in [5.74, 6) is 0.814. The van der Waals surface area contributed by atoms with Crippen LogP contribution in [-0.2, 0) is 9.53 Å². The number of hydrogen-bond acceptors (Lipinski definition) is 5.